The fourth-order valence-electron chi connectivity index (χ4n) is 3.64. The lowest BCUT2D eigenvalue weighted by atomic mass is 9.93. The van der Waals surface area contributed by atoms with E-state index in [2.05, 4.69) is 26.2 Å². The number of hydrogen-bond acceptors (Lipinski definition) is 6. The molecule has 0 aliphatic heterocycles. The summed E-state index contributed by atoms with van der Waals surface area (Å²) in [4.78, 5) is 6.01. The lowest BCUT2D eigenvalue weighted by Gasteiger charge is -2.19. The molecule has 1 saturated carbocycles. The SMILES string of the molecule is COc1cc(OC)c(OC)cc1/C=N/n1c(C(C)(C)C)csc1=NC1CCCCC1. The maximum atomic E-state index is 5.55. The quantitative estimate of drug-likeness (QED) is 0.606. The summed E-state index contributed by atoms with van der Waals surface area (Å²) >= 11 is 1.66. The molecule has 6 nitrogen and oxygen atoms in total. The zero-order valence-electron chi connectivity index (χ0n) is 18.9. The van der Waals surface area contributed by atoms with Crippen LogP contribution in [-0.2, 0) is 5.41 Å². The topological polar surface area (TPSA) is 57.3 Å². The van der Waals surface area contributed by atoms with Gasteiger partial charge < -0.3 is 14.2 Å². The smallest absolute Gasteiger partial charge is 0.206 e. The Labute approximate surface area is 183 Å². The first-order chi connectivity index (χ1) is 14.4. The van der Waals surface area contributed by atoms with Gasteiger partial charge in [-0.1, -0.05) is 40.0 Å². The molecule has 0 unspecified atom stereocenters. The Hall–Kier alpha value is -2.28. The van der Waals surface area contributed by atoms with Crippen molar-refractivity contribution in [2.45, 2.75) is 64.3 Å². The highest BCUT2D eigenvalue weighted by atomic mass is 32.1. The Morgan fingerprint density at radius 2 is 1.60 bits per heavy atom. The fourth-order valence-corrected chi connectivity index (χ4v) is 4.77. The molecule has 0 radical (unpaired) electrons. The van der Waals surface area contributed by atoms with E-state index in [1.54, 1.807) is 32.7 Å². The van der Waals surface area contributed by atoms with E-state index in [-0.39, 0.29) is 5.41 Å². The molecule has 3 rings (SSSR count). The summed E-state index contributed by atoms with van der Waals surface area (Å²) in [5.41, 5.74) is 1.91. The number of hydrogen-bond donors (Lipinski definition) is 0. The predicted octanol–water partition coefficient (Wildman–Crippen LogP) is 4.99. The van der Waals surface area contributed by atoms with Crippen LogP contribution >= 0.6 is 11.3 Å². The lowest BCUT2D eigenvalue weighted by Crippen LogP contribution is -2.24. The second-order valence-electron chi connectivity index (χ2n) is 8.58. The largest absolute Gasteiger partial charge is 0.496 e. The van der Waals surface area contributed by atoms with Crippen LogP contribution in [0.15, 0.2) is 27.6 Å². The van der Waals surface area contributed by atoms with Crippen molar-refractivity contribution in [2.24, 2.45) is 10.1 Å². The van der Waals surface area contributed by atoms with Gasteiger partial charge in [-0.05, 0) is 18.9 Å². The third kappa shape index (κ3) is 5.06. The highest BCUT2D eigenvalue weighted by Crippen LogP contribution is 2.34. The summed E-state index contributed by atoms with van der Waals surface area (Å²) < 4.78 is 18.4. The molecular formula is C23H33N3O3S. The van der Waals surface area contributed by atoms with Crippen molar-refractivity contribution in [2.75, 3.05) is 21.3 Å². The Kier molecular flexibility index (Phi) is 7.23. The third-order valence-corrected chi connectivity index (χ3v) is 6.20. The van der Waals surface area contributed by atoms with Gasteiger partial charge in [0.2, 0.25) is 4.80 Å². The normalized spacial score (nSPS) is 16.3. The Morgan fingerprint density at radius 3 is 2.20 bits per heavy atom. The average molecular weight is 432 g/mol. The van der Waals surface area contributed by atoms with E-state index >= 15 is 0 Å². The van der Waals surface area contributed by atoms with Crippen molar-refractivity contribution in [1.29, 1.82) is 0 Å². The molecule has 0 N–H and O–H groups in total. The summed E-state index contributed by atoms with van der Waals surface area (Å²) in [6, 6.07) is 4.08. The number of methoxy groups -OCH3 is 3. The van der Waals surface area contributed by atoms with Gasteiger partial charge in [0.1, 0.15) is 5.75 Å². The van der Waals surface area contributed by atoms with Crippen LogP contribution in [-0.4, -0.2) is 38.3 Å². The van der Waals surface area contributed by atoms with Crippen molar-refractivity contribution < 1.29 is 14.2 Å². The molecule has 0 spiro atoms. The highest BCUT2D eigenvalue weighted by molar-refractivity contribution is 7.07. The molecule has 0 atom stereocenters. The van der Waals surface area contributed by atoms with Gasteiger partial charge >= 0.3 is 0 Å². The van der Waals surface area contributed by atoms with Crippen molar-refractivity contribution in [3.63, 3.8) is 0 Å². The Morgan fingerprint density at radius 1 is 0.967 bits per heavy atom. The summed E-state index contributed by atoms with van der Waals surface area (Å²) in [6.45, 7) is 6.59. The number of thiazole rings is 1. The van der Waals surface area contributed by atoms with Crippen molar-refractivity contribution >= 4 is 17.6 Å². The number of rotatable bonds is 6. The molecule has 1 aromatic heterocycles. The molecule has 7 heteroatoms. The predicted molar refractivity (Wildman–Crippen MR) is 123 cm³/mol. The van der Waals surface area contributed by atoms with Crippen LogP contribution in [0.5, 0.6) is 17.2 Å². The van der Waals surface area contributed by atoms with Crippen LogP contribution in [0, 0.1) is 0 Å². The molecule has 1 aromatic carbocycles. The molecule has 1 heterocycles. The van der Waals surface area contributed by atoms with E-state index < -0.39 is 0 Å². The molecule has 30 heavy (non-hydrogen) atoms. The first kappa shape index (κ1) is 22.4. The van der Waals surface area contributed by atoms with E-state index in [1.165, 1.54) is 19.3 Å². The first-order valence-corrected chi connectivity index (χ1v) is 11.3. The minimum Gasteiger partial charge on any atom is -0.496 e. The Bertz CT molecular complexity index is 948. The van der Waals surface area contributed by atoms with Crippen LogP contribution in [0.25, 0.3) is 0 Å². The molecule has 164 valence electrons. The van der Waals surface area contributed by atoms with Crippen LogP contribution in [0.3, 0.4) is 0 Å². The number of aromatic nitrogens is 1. The molecule has 0 amide bonds. The summed E-state index contributed by atoms with van der Waals surface area (Å²) in [5.74, 6) is 1.94. The van der Waals surface area contributed by atoms with Crippen molar-refractivity contribution in [3.8, 4) is 17.2 Å². The number of nitrogens with zero attached hydrogens (tertiary/aromatic N) is 3. The second kappa shape index (κ2) is 9.69. The van der Waals surface area contributed by atoms with Gasteiger partial charge in [0.25, 0.3) is 0 Å². The summed E-state index contributed by atoms with van der Waals surface area (Å²) in [7, 11) is 4.87. The van der Waals surface area contributed by atoms with Crippen LogP contribution in [0.1, 0.15) is 64.1 Å². The summed E-state index contributed by atoms with van der Waals surface area (Å²) in [6.07, 6.45) is 7.98. The number of ether oxygens (including phenoxy) is 3. The van der Waals surface area contributed by atoms with Gasteiger partial charge in [-0.15, -0.1) is 11.3 Å². The van der Waals surface area contributed by atoms with Gasteiger partial charge in [0.05, 0.1) is 39.3 Å². The monoisotopic (exact) mass is 431 g/mol. The van der Waals surface area contributed by atoms with Gasteiger partial charge in [0, 0.05) is 22.4 Å². The Balaban J connectivity index is 2.06. The van der Waals surface area contributed by atoms with Crippen LogP contribution < -0.4 is 19.0 Å². The molecular weight excluding hydrogens is 398 g/mol. The van der Waals surface area contributed by atoms with E-state index in [1.807, 2.05) is 23.0 Å². The molecule has 1 aliphatic carbocycles. The fraction of sp³-hybridized carbons (Fsp3) is 0.565. The standard InChI is InChI=1S/C23H33N3O3S/c1-23(2,3)21-15-30-22(25-17-10-8-7-9-11-17)26(21)24-14-16-12-19(28-5)20(29-6)13-18(16)27-4/h12-15,17H,7-11H2,1-6H3/b24-14+,25-22?. The lowest BCUT2D eigenvalue weighted by molar-refractivity contribution is 0.349. The van der Waals surface area contributed by atoms with Crippen molar-refractivity contribution in [3.05, 3.63) is 33.6 Å². The van der Waals surface area contributed by atoms with Gasteiger partial charge in [0.15, 0.2) is 11.5 Å². The van der Waals surface area contributed by atoms with Gasteiger partial charge in [-0.25, -0.2) is 4.68 Å². The molecule has 2 aromatic rings. The van der Waals surface area contributed by atoms with Crippen molar-refractivity contribution in [1.82, 2.24) is 4.68 Å². The van der Waals surface area contributed by atoms with Crippen LogP contribution in [0.4, 0.5) is 0 Å². The molecule has 1 fully saturated rings. The number of benzene rings is 1. The maximum absolute atomic E-state index is 5.55. The minimum absolute atomic E-state index is 0.0458. The first-order valence-electron chi connectivity index (χ1n) is 10.5. The average Bonchev–Trinajstić information content (AvgIpc) is 3.15. The minimum atomic E-state index is -0.0458. The second-order valence-corrected chi connectivity index (χ2v) is 9.42. The third-order valence-electron chi connectivity index (χ3n) is 5.37. The molecule has 1 aliphatic rings. The van der Waals surface area contributed by atoms with Gasteiger partial charge in [-0.3, -0.25) is 4.99 Å². The van der Waals surface area contributed by atoms with E-state index in [4.69, 9.17) is 24.3 Å². The summed E-state index contributed by atoms with van der Waals surface area (Å²) in [5, 5.41) is 7.01. The van der Waals surface area contributed by atoms with E-state index in [0.717, 1.165) is 28.9 Å². The van der Waals surface area contributed by atoms with E-state index in [0.29, 0.717) is 23.3 Å². The zero-order chi connectivity index (χ0) is 21.7. The van der Waals surface area contributed by atoms with Crippen LogP contribution in [0.2, 0.25) is 0 Å². The maximum Gasteiger partial charge on any atom is 0.206 e. The molecule has 0 bridgehead atoms. The highest BCUT2D eigenvalue weighted by Gasteiger charge is 2.21. The zero-order valence-corrected chi connectivity index (χ0v) is 19.7. The van der Waals surface area contributed by atoms with Gasteiger partial charge in [-0.2, -0.15) is 5.10 Å². The van der Waals surface area contributed by atoms with E-state index in [9.17, 15) is 0 Å². The molecule has 0 saturated heterocycles.